The molecule has 3 nitrogen and oxygen atoms in total. The van der Waals surface area contributed by atoms with Gasteiger partial charge in [0.1, 0.15) is 5.76 Å². The Morgan fingerprint density at radius 3 is 2.83 bits per heavy atom. The first-order valence-corrected chi connectivity index (χ1v) is 7.30. The fourth-order valence-electron chi connectivity index (χ4n) is 2.95. The maximum Gasteiger partial charge on any atom is 0.133 e. The van der Waals surface area contributed by atoms with Crippen molar-refractivity contribution in [2.24, 2.45) is 11.8 Å². The number of aryl methyl sites for hydroxylation is 1. The van der Waals surface area contributed by atoms with E-state index in [9.17, 15) is 0 Å². The Kier molecular flexibility index (Phi) is 4.81. The van der Waals surface area contributed by atoms with Crippen molar-refractivity contribution in [2.45, 2.75) is 65.5 Å². The van der Waals surface area contributed by atoms with Gasteiger partial charge in [-0.25, -0.2) is 0 Å². The van der Waals surface area contributed by atoms with Gasteiger partial charge in [-0.2, -0.15) is 0 Å². The minimum absolute atomic E-state index is 0.658. The van der Waals surface area contributed by atoms with E-state index in [0.717, 1.165) is 29.8 Å². The van der Waals surface area contributed by atoms with E-state index < -0.39 is 0 Å². The van der Waals surface area contributed by atoms with Crippen molar-refractivity contribution in [1.82, 2.24) is 10.5 Å². The van der Waals surface area contributed by atoms with E-state index in [1.807, 2.05) is 13.0 Å². The van der Waals surface area contributed by atoms with Gasteiger partial charge < -0.3 is 9.84 Å². The number of aromatic nitrogens is 1. The van der Waals surface area contributed by atoms with Crippen molar-refractivity contribution < 1.29 is 4.52 Å². The average Bonchev–Trinajstić information content (AvgIpc) is 2.62. The van der Waals surface area contributed by atoms with Crippen molar-refractivity contribution in [1.29, 1.82) is 0 Å². The molecular formula is C15H26N2O. The number of nitrogens with one attached hydrogen (secondary N) is 1. The molecule has 0 bridgehead atoms. The summed E-state index contributed by atoms with van der Waals surface area (Å²) >= 11 is 0. The third-order valence-electron chi connectivity index (χ3n) is 4.20. The lowest BCUT2D eigenvalue weighted by Gasteiger charge is -2.18. The predicted molar refractivity (Wildman–Crippen MR) is 73.3 cm³/mol. The van der Waals surface area contributed by atoms with Crippen LogP contribution in [0.25, 0.3) is 0 Å². The second-order valence-corrected chi connectivity index (χ2v) is 6.02. The molecule has 1 saturated carbocycles. The van der Waals surface area contributed by atoms with Crippen molar-refractivity contribution in [2.75, 3.05) is 0 Å². The van der Waals surface area contributed by atoms with Gasteiger partial charge in [-0.05, 0) is 38.0 Å². The van der Waals surface area contributed by atoms with Crippen LogP contribution in [0, 0.1) is 18.8 Å². The zero-order valence-electron chi connectivity index (χ0n) is 11.9. The van der Waals surface area contributed by atoms with E-state index in [4.69, 9.17) is 4.52 Å². The lowest BCUT2D eigenvalue weighted by atomic mass is 9.89. The summed E-state index contributed by atoms with van der Waals surface area (Å²) in [4.78, 5) is 0. The summed E-state index contributed by atoms with van der Waals surface area (Å²) < 4.78 is 5.09. The van der Waals surface area contributed by atoms with Crippen LogP contribution in [0.2, 0.25) is 0 Å². The molecule has 0 saturated heterocycles. The van der Waals surface area contributed by atoms with Crippen LogP contribution in [0.1, 0.15) is 57.4 Å². The van der Waals surface area contributed by atoms with Gasteiger partial charge >= 0.3 is 0 Å². The summed E-state index contributed by atoms with van der Waals surface area (Å²) in [7, 11) is 0. The highest BCUT2D eigenvalue weighted by Gasteiger charge is 2.20. The molecule has 2 rings (SSSR count). The summed E-state index contributed by atoms with van der Waals surface area (Å²) in [5.74, 6) is 2.65. The van der Waals surface area contributed by atoms with E-state index in [0.29, 0.717) is 6.04 Å². The second-order valence-electron chi connectivity index (χ2n) is 6.02. The van der Waals surface area contributed by atoms with E-state index in [1.54, 1.807) is 0 Å². The number of rotatable bonds is 4. The number of hydrogen-bond acceptors (Lipinski definition) is 3. The zero-order chi connectivity index (χ0) is 13.0. The summed E-state index contributed by atoms with van der Waals surface area (Å²) in [5, 5.41) is 7.66. The van der Waals surface area contributed by atoms with Gasteiger partial charge in [0.25, 0.3) is 0 Å². The fraction of sp³-hybridized carbons (Fsp3) is 0.800. The van der Waals surface area contributed by atoms with Crippen LogP contribution in [0.15, 0.2) is 10.6 Å². The van der Waals surface area contributed by atoms with Gasteiger partial charge in [-0.1, -0.05) is 31.8 Å². The number of nitrogens with zero attached hydrogens (tertiary/aromatic N) is 1. The smallest absolute Gasteiger partial charge is 0.133 e. The van der Waals surface area contributed by atoms with Gasteiger partial charge in [0.2, 0.25) is 0 Å². The monoisotopic (exact) mass is 250 g/mol. The van der Waals surface area contributed by atoms with Gasteiger partial charge in [-0.3, -0.25) is 0 Å². The molecule has 1 fully saturated rings. The van der Waals surface area contributed by atoms with Crippen molar-refractivity contribution >= 4 is 0 Å². The third kappa shape index (κ3) is 3.84. The van der Waals surface area contributed by atoms with Crippen LogP contribution < -0.4 is 5.32 Å². The normalized spacial score (nSPS) is 25.3. The molecule has 2 unspecified atom stereocenters. The summed E-state index contributed by atoms with van der Waals surface area (Å²) in [5.41, 5.74) is 1.03. The molecule has 0 radical (unpaired) electrons. The maximum atomic E-state index is 5.09. The molecule has 0 aliphatic heterocycles. The topological polar surface area (TPSA) is 38.1 Å². The van der Waals surface area contributed by atoms with E-state index in [2.05, 4.69) is 24.3 Å². The molecule has 1 aromatic rings. The summed E-state index contributed by atoms with van der Waals surface area (Å²) in [6.07, 6.45) is 6.74. The Bertz CT molecular complexity index is 359. The SMILES string of the molecule is Cc1cc(CNC2CCCC(C(C)C)CC2)no1. The first-order valence-electron chi connectivity index (χ1n) is 7.30. The van der Waals surface area contributed by atoms with Crippen LogP contribution in [0.5, 0.6) is 0 Å². The molecule has 1 aliphatic rings. The highest BCUT2D eigenvalue weighted by atomic mass is 16.5. The third-order valence-corrected chi connectivity index (χ3v) is 4.20. The lowest BCUT2D eigenvalue weighted by Crippen LogP contribution is -2.28. The minimum atomic E-state index is 0.658. The van der Waals surface area contributed by atoms with Crippen molar-refractivity contribution in [3.8, 4) is 0 Å². The second kappa shape index (κ2) is 6.37. The summed E-state index contributed by atoms with van der Waals surface area (Å²) in [6, 6.07) is 2.67. The molecule has 0 spiro atoms. The van der Waals surface area contributed by atoms with Crippen LogP contribution in [-0.4, -0.2) is 11.2 Å². The molecule has 1 heterocycles. The molecule has 18 heavy (non-hydrogen) atoms. The van der Waals surface area contributed by atoms with Crippen molar-refractivity contribution in [3.63, 3.8) is 0 Å². The van der Waals surface area contributed by atoms with Gasteiger partial charge in [-0.15, -0.1) is 0 Å². The van der Waals surface area contributed by atoms with Crippen LogP contribution >= 0.6 is 0 Å². The average molecular weight is 250 g/mol. The lowest BCUT2D eigenvalue weighted by molar-refractivity contribution is 0.337. The largest absolute Gasteiger partial charge is 0.361 e. The van der Waals surface area contributed by atoms with E-state index in [1.165, 1.54) is 32.1 Å². The molecule has 1 aliphatic carbocycles. The summed E-state index contributed by atoms with van der Waals surface area (Å²) in [6.45, 7) is 7.50. The van der Waals surface area contributed by atoms with Crippen LogP contribution in [-0.2, 0) is 6.54 Å². The van der Waals surface area contributed by atoms with E-state index in [-0.39, 0.29) is 0 Å². The quantitative estimate of drug-likeness (QED) is 0.828. The zero-order valence-corrected chi connectivity index (χ0v) is 11.9. The van der Waals surface area contributed by atoms with Crippen molar-refractivity contribution in [3.05, 3.63) is 17.5 Å². The predicted octanol–water partition coefficient (Wildman–Crippen LogP) is 3.68. The molecule has 3 heteroatoms. The molecular weight excluding hydrogens is 224 g/mol. The van der Waals surface area contributed by atoms with Gasteiger partial charge in [0.05, 0.1) is 5.69 Å². The fourth-order valence-corrected chi connectivity index (χ4v) is 2.95. The molecule has 102 valence electrons. The highest BCUT2D eigenvalue weighted by Crippen LogP contribution is 2.28. The Morgan fingerprint density at radius 2 is 2.17 bits per heavy atom. The Morgan fingerprint density at radius 1 is 1.33 bits per heavy atom. The Hall–Kier alpha value is -0.830. The van der Waals surface area contributed by atoms with Crippen LogP contribution in [0.4, 0.5) is 0 Å². The first kappa shape index (κ1) is 13.6. The molecule has 2 atom stereocenters. The standard InChI is InChI=1S/C15H26N2O/c1-11(2)13-5-4-6-14(8-7-13)16-10-15-9-12(3)18-17-15/h9,11,13-14,16H,4-8,10H2,1-3H3. The first-order chi connectivity index (χ1) is 8.65. The minimum Gasteiger partial charge on any atom is -0.361 e. The number of hydrogen-bond donors (Lipinski definition) is 1. The molecule has 1 N–H and O–H groups in total. The van der Waals surface area contributed by atoms with E-state index >= 15 is 0 Å². The molecule has 1 aromatic heterocycles. The molecule has 0 amide bonds. The van der Waals surface area contributed by atoms with Gasteiger partial charge in [0.15, 0.2) is 0 Å². The Labute approximate surface area is 110 Å². The highest BCUT2D eigenvalue weighted by molar-refractivity contribution is 5.03. The Balaban J connectivity index is 1.77. The molecule has 0 aromatic carbocycles. The van der Waals surface area contributed by atoms with Gasteiger partial charge in [0, 0.05) is 18.7 Å². The van der Waals surface area contributed by atoms with Crippen LogP contribution in [0.3, 0.4) is 0 Å². The maximum absolute atomic E-state index is 5.09.